The highest BCUT2D eigenvalue weighted by Gasteiger charge is 2.16. The second-order valence-electron chi connectivity index (χ2n) is 6.40. The minimum Gasteiger partial charge on any atom is -0.447 e. The summed E-state index contributed by atoms with van der Waals surface area (Å²) in [5.74, 6) is 1.52. The maximum atomic E-state index is 12.1. The molecular weight excluding hydrogens is 362 g/mol. The number of rotatable bonds is 7. The van der Waals surface area contributed by atoms with Gasteiger partial charge in [0.25, 0.3) is 5.91 Å². The number of hydrogen-bond donors (Lipinski definition) is 1. The molecule has 3 aromatic rings. The van der Waals surface area contributed by atoms with Gasteiger partial charge in [-0.3, -0.25) is 9.36 Å². The number of nitrogens with zero attached hydrogens (tertiary/aromatic N) is 4. The summed E-state index contributed by atoms with van der Waals surface area (Å²) in [6.45, 7) is 7.94. The lowest BCUT2D eigenvalue weighted by Gasteiger charge is -2.08. The van der Waals surface area contributed by atoms with Gasteiger partial charge in [-0.15, -0.1) is 10.2 Å². The summed E-state index contributed by atoms with van der Waals surface area (Å²) in [6, 6.07) is 8.29. The van der Waals surface area contributed by atoms with E-state index in [1.807, 2.05) is 37.5 Å². The Bertz CT molecular complexity index is 917. The summed E-state index contributed by atoms with van der Waals surface area (Å²) in [5, 5.41) is 12.1. The van der Waals surface area contributed by atoms with Crippen LogP contribution >= 0.6 is 11.8 Å². The minimum absolute atomic E-state index is 0.100. The van der Waals surface area contributed by atoms with E-state index in [9.17, 15) is 4.79 Å². The van der Waals surface area contributed by atoms with Crippen molar-refractivity contribution in [2.45, 2.75) is 51.1 Å². The zero-order valence-corrected chi connectivity index (χ0v) is 16.7. The molecule has 0 unspecified atom stereocenters. The van der Waals surface area contributed by atoms with Crippen molar-refractivity contribution < 1.29 is 9.21 Å². The quantitative estimate of drug-likeness (QED) is 0.624. The fourth-order valence-electron chi connectivity index (χ4n) is 2.44. The monoisotopic (exact) mass is 385 g/mol. The molecule has 0 aliphatic heterocycles. The van der Waals surface area contributed by atoms with Gasteiger partial charge in [0.2, 0.25) is 5.89 Å². The molecule has 0 radical (unpaired) electrons. The lowest BCUT2D eigenvalue weighted by atomic mass is 10.2. The second kappa shape index (κ2) is 8.39. The first-order valence-electron chi connectivity index (χ1n) is 8.85. The van der Waals surface area contributed by atoms with Crippen LogP contribution in [0.15, 0.2) is 40.1 Å². The van der Waals surface area contributed by atoms with E-state index in [1.54, 1.807) is 0 Å². The van der Waals surface area contributed by atoms with E-state index >= 15 is 0 Å². The molecule has 0 aliphatic carbocycles. The van der Waals surface area contributed by atoms with E-state index in [4.69, 9.17) is 4.42 Å². The van der Waals surface area contributed by atoms with Crippen molar-refractivity contribution in [3.05, 3.63) is 53.5 Å². The second-order valence-corrected chi connectivity index (χ2v) is 7.34. The molecule has 2 heterocycles. The Kier molecular flexibility index (Phi) is 5.95. The molecule has 0 saturated carbocycles. The van der Waals surface area contributed by atoms with Gasteiger partial charge in [0.05, 0.1) is 5.75 Å². The number of carbonyl (C=O) groups excluding carboxylic acids is 1. The van der Waals surface area contributed by atoms with Crippen molar-refractivity contribution in [1.29, 1.82) is 0 Å². The molecule has 0 saturated heterocycles. The fourth-order valence-corrected chi connectivity index (χ4v) is 3.29. The average molecular weight is 385 g/mol. The molecule has 27 heavy (non-hydrogen) atoms. The van der Waals surface area contributed by atoms with Crippen LogP contribution in [0.25, 0.3) is 5.69 Å². The Morgan fingerprint density at radius 2 is 2.00 bits per heavy atom. The van der Waals surface area contributed by atoms with Crippen LogP contribution in [0, 0.1) is 13.8 Å². The van der Waals surface area contributed by atoms with Crippen molar-refractivity contribution in [1.82, 2.24) is 25.1 Å². The predicted octanol–water partition coefficient (Wildman–Crippen LogP) is 3.69. The average Bonchev–Trinajstić information content (AvgIpc) is 3.27. The highest BCUT2D eigenvalue weighted by molar-refractivity contribution is 7.98. The molecule has 2 aromatic heterocycles. The van der Waals surface area contributed by atoms with Crippen LogP contribution in [0.2, 0.25) is 0 Å². The highest BCUT2D eigenvalue weighted by Crippen LogP contribution is 2.25. The zero-order chi connectivity index (χ0) is 19.4. The molecule has 1 N–H and O–H groups in total. The lowest BCUT2D eigenvalue weighted by Crippen LogP contribution is -2.32. The predicted molar refractivity (Wildman–Crippen MR) is 104 cm³/mol. The third-order valence-electron chi connectivity index (χ3n) is 4.19. The van der Waals surface area contributed by atoms with Gasteiger partial charge in [-0.25, -0.2) is 4.98 Å². The van der Waals surface area contributed by atoms with Crippen LogP contribution in [0.5, 0.6) is 0 Å². The topological polar surface area (TPSA) is 85.8 Å². The number of aryl methyl sites for hydroxylation is 2. The smallest absolute Gasteiger partial charge is 0.273 e. The van der Waals surface area contributed by atoms with Crippen LogP contribution in [-0.4, -0.2) is 31.7 Å². The molecule has 1 amide bonds. The van der Waals surface area contributed by atoms with Crippen molar-refractivity contribution in [3.63, 3.8) is 0 Å². The van der Waals surface area contributed by atoms with E-state index in [0.29, 0.717) is 17.3 Å². The summed E-state index contributed by atoms with van der Waals surface area (Å²) < 4.78 is 7.43. The number of carbonyl (C=O) groups is 1. The van der Waals surface area contributed by atoms with Gasteiger partial charge >= 0.3 is 0 Å². The van der Waals surface area contributed by atoms with Crippen molar-refractivity contribution in [2.75, 3.05) is 0 Å². The molecule has 7 nitrogen and oxygen atoms in total. The Morgan fingerprint density at radius 3 is 2.70 bits per heavy atom. The maximum Gasteiger partial charge on any atom is 0.273 e. The van der Waals surface area contributed by atoms with Crippen molar-refractivity contribution in [3.8, 4) is 5.69 Å². The van der Waals surface area contributed by atoms with Gasteiger partial charge in [0, 0.05) is 11.7 Å². The normalized spacial score (nSPS) is 12.1. The first kappa shape index (κ1) is 19.2. The molecule has 0 bridgehead atoms. The molecule has 142 valence electrons. The van der Waals surface area contributed by atoms with Crippen LogP contribution < -0.4 is 5.32 Å². The Labute approximate surface area is 162 Å². The van der Waals surface area contributed by atoms with Crippen LogP contribution in [0.3, 0.4) is 0 Å². The van der Waals surface area contributed by atoms with Crippen LogP contribution in [0.1, 0.15) is 48.0 Å². The zero-order valence-electron chi connectivity index (χ0n) is 15.9. The van der Waals surface area contributed by atoms with Gasteiger partial charge in [-0.05, 0) is 39.3 Å². The summed E-state index contributed by atoms with van der Waals surface area (Å²) in [4.78, 5) is 16.4. The Hall–Kier alpha value is -2.61. The van der Waals surface area contributed by atoms with Gasteiger partial charge in [-0.1, -0.05) is 36.4 Å². The van der Waals surface area contributed by atoms with E-state index < -0.39 is 0 Å². The van der Waals surface area contributed by atoms with E-state index in [1.165, 1.54) is 23.6 Å². The van der Waals surface area contributed by atoms with E-state index in [0.717, 1.165) is 23.1 Å². The lowest BCUT2D eigenvalue weighted by molar-refractivity contribution is 0.0934. The number of benzene rings is 1. The maximum absolute atomic E-state index is 12.1. The first-order chi connectivity index (χ1) is 13.0. The molecule has 0 fully saturated rings. The molecule has 3 rings (SSSR count). The highest BCUT2D eigenvalue weighted by atomic mass is 32.2. The van der Waals surface area contributed by atoms with Gasteiger partial charge in [0.1, 0.15) is 12.1 Å². The third-order valence-corrected chi connectivity index (χ3v) is 5.10. The number of oxazole rings is 1. The molecule has 0 spiro atoms. The van der Waals surface area contributed by atoms with Crippen molar-refractivity contribution in [2.24, 2.45) is 0 Å². The minimum atomic E-state index is -0.219. The SMILES string of the molecule is CC[C@@H](C)NC(=O)c1coc(CSc2nnc(C)n2-c2ccc(C)cc2)n1. The van der Waals surface area contributed by atoms with E-state index in [2.05, 4.69) is 39.6 Å². The Balaban J connectivity index is 1.70. The number of hydrogen-bond acceptors (Lipinski definition) is 6. The first-order valence-corrected chi connectivity index (χ1v) is 9.83. The van der Waals surface area contributed by atoms with Gasteiger partial charge in [-0.2, -0.15) is 0 Å². The van der Waals surface area contributed by atoms with Crippen molar-refractivity contribution >= 4 is 17.7 Å². The molecule has 0 aliphatic rings. The number of thioether (sulfide) groups is 1. The van der Waals surface area contributed by atoms with Crippen LogP contribution in [0.4, 0.5) is 0 Å². The number of aromatic nitrogens is 4. The standard InChI is InChI=1S/C19H23N5O2S/c1-5-13(3)20-18(25)16-10-26-17(21-16)11-27-19-23-22-14(4)24(19)15-8-6-12(2)7-9-15/h6-10,13H,5,11H2,1-4H3,(H,20,25)/t13-/m1/s1. The van der Waals surface area contributed by atoms with Gasteiger partial charge in [0.15, 0.2) is 10.9 Å². The summed E-state index contributed by atoms with van der Waals surface area (Å²) in [6.07, 6.45) is 2.25. The molecule has 8 heteroatoms. The van der Waals surface area contributed by atoms with Crippen LogP contribution in [-0.2, 0) is 5.75 Å². The van der Waals surface area contributed by atoms with E-state index in [-0.39, 0.29) is 11.9 Å². The third kappa shape index (κ3) is 4.57. The summed E-state index contributed by atoms with van der Waals surface area (Å²) in [7, 11) is 0. The molecular formula is C19H23N5O2S. The van der Waals surface area contributed by atoms with Gasteiger partial charge < -0.3 is 9.73 Å². The summed E-state index contributed by atoms with van der Waals surface area (Å²) >= 11 is 1.46. The largest absolute Gasteiger partial charge is 0.447 e. The number of amides is 1. The number of nitrogens with one attached hydrogen (secondary N) is 1. The Morgan fingerprint density at radius 1 is 1.26 bits per heavy atom. The molecule has 1 atom stereocenters. The fraction of sp³-hybridized carbons (Fsp3) is 0.368. The molecule has 1 aromatic carbocycles. The summed E-state index contributed by atoms with van der Waals surface area (Å²) in [5.41, 5.74) is 2.50.